The maximum absolute atomic E-state index is 13.0. The number of aromatic nitrogens is 2. The Morgan fingerprint density at radius 2 is 2.10 bits per heavy atom. The lowest BCUT2D eigenvalue weighted by Gasteiger charge is -2.12. The van der Waals surface area contributed by atoms with Gasteiger partial charge in [0.15, 0.2) is 6.61 Å². The first-order valence-electron chi connectivity index (χ1n) is 8.73. The number of carbonyl (C=O) groups excluding carboxylic acids is 1. The SMILES string of the molecule is CC(C)c1nc2ccc(Br)cc2c(=O)n1N=Cc1ccc(OCC(N)=O)c(I)c1. The molecule has 2 aromatic carbocycles. The molecule has 0 saturated carbocycles. The van der Waals surface area contributed by atoms with Gasteiger partial charge in [0.25, 0.3) is 11.5 Å². The highest BCUT2D eigenvalue weighted by molar-refractivity contribution is 14.1. The van der Waals surface area contributed by atoms with Crippen LogP contribution in [0.25, 0.3) is 10.9 Å². The van der Waals surface area contributed by atoms with Crippen molar-refractivity contribution in [3.8, 4) is 5.75 Å². The minimum atomic E-state index is -0.539. The van der Waals surface area contributed by atoms with Gasteiger partial charge in [-0.1, -0.05) is 29.8 Å². The van der Waals surface area contributed by atoms with Gasteiger partial charge in [-0.2, -0.15) is 9.78 Å². The molecule has 0 saturated heterocycles. The van der Waals surface area contributed by atoms with Gasteiger partial charge in [-0.05, 0) is 64.6 Å². The second kappa shape index (κ2) is 9.04. The Bertz CT molecular complexity index is 1170. The van der Waals surface area contributed by atoms with E-state index in [0.717, 1.165) is 13.6 Å². The predicted molar refractivity (Wildman–Crippen MR) is 125 cm³/mol. The van der Waals surface area contributed by atoms with Crippen molar-refractivity contribution in [1.29, 1.82) is 0 Å². The van der Waals surface area contributed by atoms with Crippen LogP contribution in [-0.4, -0.2) is 28.4 Å². The van der Waals surface area contributed by atoms with E-state index >= 15 is 0 Å². The number of halogens is 2. The van der Waals surface area contributed by atoms with Gasteiger partial charge in [0.05, 0.1) is 20.7 Å². The van der Waals surface area contributed by atoms with Crippen LogP contribution in [0, 0.1) is 3.57 Å². The Morgan fingerprint density at radius 1 is 1.34 bits per heavy atom. The molecule has 7 nitrogen and oxygen atoms in total. The normalized spacial score (nSPS) is 11.5. The van der Waals surface area contributed by atoms with Gasteiger partial charge in [-0.3, -0.25) is 9.59 Å². The third-order valence-corrected chi connectivity index (χ3v) is 5.33. The summed E-state index contributed by atoms with van der Waals surface area (Å²) in [5.74, 6) is 0.607. The summed E-state index contributed by atoms with van der Waals surface area (Å²) in [5.41, 5.74) is 6.29. The molecule has 0 bridgehead atoms. The van der Waals surface area contributed by atoms with E-state index in [-0.39, 0.29) is 18.1 Å². The molecular weight excluding hydrogens is 551 g/mol. The van der Waals surface area contributed by atoms with Crippen molar-refractivity contribution in [3.63, 3.8) is 0 Å². The molecule has 0 spiro atoms. The molecule has 1 aromatic heterocycles. The molecule has 0 unspecified atom stereocenters. The van der Waals surface area contributed by atoms with Gasteiger partial charge < -0.3 is 10.5 Å². The molecule has 9 heteroatoms. The summed E-state index contributed by atoms with van der Waals surface area (Å²) in [6, 6.07) is 10.8. The first kappa shape index (κ1) is 21.4. The number of hydrogen-bond acceptors (Lipinski definition) is 5. The number of nitrogens with two attached hydrogens (primary N) is 1. The minimum absolute atomic E-state index is 0.0117. The van der Waals surface area contributed by atoms with Crippen LogP contribution in [0.15, 0.2) is 50.8 Å². The summed E-state index contributed by atoms with van der Waals surface area (Å²) in [6.07, 6.45) is 1.60. The largest absolute Gasteiger partial charge is 0.483 e. The lowest BCUT2D eigenvalue weighted by Crippen LogP contribution is -2.23. The molecule has 0 radical (unpaired) electrons. The number of carbonyl (C=O) groups is 1. The van der Waals surface area contributed by atoms with E-state index < -0.39 is 5.91 Å². The zero-order valence-corrected chi connectivity index (χ0v) is 19.5. The standard InChI is InChI=1S/C20H18BrIN4O3/c1-11(2)19-25-16-5-4-13(21)8-14(16)20(28)26(19)24-9-12-3-6-17(15(22)7-12)29-10-18(23)27/h3-9,11H,10H2,1-2H3,(H2,23,27). The van der Waals surface area contributed by atoms with Crippen molar-refractivity contribution >= 4 is 61.5 Å². The third-order valence-electron chi connectivity index (χ3n) is 4.00. The highest BCUT2D eigenvalue weighted by Gasteiger charge is 2.14. The second-order valence-corrected chi connectivity index (χ2v) is 8.67. The fourth-order valence-corrected chi connectivity index (χ4v) is 3.70. The average Bonchev–Trinajstić information content (AvgIpc) is 2.66. The van der Waals surface area contributed by atoms with Gasteiger partial charge in [-0.15, -0.1) is 0 Å². The van der Waals surface area contributed by atoms with Crippen LogP contribution >= 0.6 is 38.5 Å². The number of primary amides is 1. The van der Waals surface area contributed by atoms with Gasteiger partial charge in [0, 0.05) is 10.4 Å². The number of amides is 1. The first-order chi connectivity index (χ1) is 13.8. The van der Waals surface area contributed by atoms with Crippen LogP contribution in [0.4, 0.5) is 0 Å². The van der Waals surface area contributed by atoms with Crippen LogP contribution in [0.5, 0.6) is 5.75 Å². The number of benzene rings is 2. The molecule has 0 aliphatic heterocycles. The van der Waals surface area contributed by atoms with Crippen LogP contribution < -0.4 is 16.0 Å². The highest BCUT2D eigenvalue weighted by atomic mass is 127. The van der Waals surface area contributed by atoms with E-state index in [1.54, 1.807) is 24.4 Å². The topological polar surface area (TPSA) is 99.6 Å². The zero-order valence-electron chi connectivity index (χ0n) is 15.7. The Kier molecular flexibility index (Phi) is 6.68. The minimum Gasteiger partial charge on any atom is -0.483 e. The molecule has 3 aromatic rings. The summed E-state index contributed by atoms with van der Waals surface area (Å²) >= 11 is 5.50. The molecule has 0 aliphatic rings. The maximum atomic E-state index is 13.0. The highest BCUT2D eigenvalue weighted by Crippen LogP contribution is 2.22. The van der Waals surface area contributed by atoms with Crippen LogP contribution in [-0.2, 0) is 4.79 Å². The Hall–Kier alpha value is -2.27. The quantitative estimate of drug-likeness (QED) is 0.362. The monoisotopic (exact) mass is 568 g/mol. The Labute approximate surface area is 189 Å². The first-order valence-corrected chi connectivity index (χ1v) is 10.6. The molecule has 0 atom stereocenters. The zero-order chi connectivity index (χ0) is 21.1. The molecule has 3 rings (SSSR count). The van der Waals surface area contributed by atoms with Crippen LogP contribution in [0.1, 0.15) is 31.2 Å². The van der Waals surface area contributed by atoms with E-state index in [2.05, 4.69) is 48.6 Å². The van der Waals surface area contributed by atoms with Crippen molar-refractivity contribution < 1.29 is 9.53 Å². The molecule has 1 heterocycles. The molecule has 150 valence electrons. The van der Waals surface area contributed by atoms with Gasteiger partial charge in [-0.25, -0.2) is 4.98 Å². The van der Waals surface area contributed by atoms with E-state index in [1.165, 1.54) is 4.68 Å². The van der Waals surface area contributed by atoms with Crippen LogP contribution in [0.3, 0.4) is 0 Å². The predicted octanol–water partition coefficient (Wildman–Crippen LogP) is 3.63. The van der Waals surface area contributed by atoms with Crippen molar-refractivity contribution in [2.45, 2.75) is 19.8 Å². The summed E-state index contributed by atoms with van der Waals surface area (Å²) in [4.78, 5) is 28.5. The van der Waals surface area contributed by atoms with Gasteiger partial charge in [0.2, 0.25) is 0 Å². The van der Waals surface area contributed by atoms with Crippen molar-refractivity contribution in [2.75, 3.05) is 6.61 Å². The molecule has 0 aliphatic carbocycles. The van der Waals surface area contributed by atoms with Crippen molar-refractivity contribution in [2.24, 2.45) is 10.8 Å². The summed E-state index contributed by atoms with van der Waals surface area (Å²) in [6.45, 7) is 3.74. The molecule has 0 fully saturated rings. The molecule has 2 N–H and O–H groups in total. The molecular formula is C20H18BrIN4O3. The van der Waals surface area contributed by atoms with E-state index in [4.69, 9.17) is 10.5 Å². The molecule has 29 heavy (non-hydrogen) atoms. The number of nitrogens with zero attached hydrogens (tertiary/aromatic N) is 3. The number of fused-ring (bicyclic) bond motifs is 1. The van der Waals surface area contributed by atoms with E-state index in [1.807, 2.05) is 32.0 Å². The lowest BCUT2D eigenvalue weighted by molar-refractivity contribution is -0.119. The maximum Gasteiger partial charge on any atom is 0.282 e. The third kappa shape index (κ3) is 5.02. The summed E-state index contributed by atoms with van der Waals surface area (Å²) in [5, 5.41) is 4.90. The Balaban J connectivity index is 2.00. The van der Waals surface area contributed by atoms with Crippen LogP contribution in [0.2, 0.25) is 0 Å². The van der Waals surface area contributed by atoms with E-state index in [9.17, 15) is 9.59 Å². The fourth-order valence-electron chi connectivity index (χ4n) is 2.64. The summed E-state index contributed by atoms with van der Waals surface area (Å²) < 4.78 is 8.29. The van der Waals surface area contributed by atoms with Gasteiger partial charge in [0.1, 0.15) is 11.6 Å². The number of rotatable bonds is 6. The lowest BCUT2D eigenvalue weighted by atomic mass is 10.2. The Morgan fingerprint density at radius 3 is 2.76 bits per heavy atom. The number of ether oxygens (including phenoxy) is 1. The number of hydrogen-bond donors (Lipinski definition) is 1. The van der Waals surface area contributed by atoms with Gasteiger partial charge >= 0.3 is 0 Å². The smallest absolute Gasteiger partial charge is 0.282 e. The fraction of sp³-hybridized carbons (Fsp3) is 0.200. The second-order valence-electron chi connectivity index (χ2n) is 6.59. The van der Waals surface area contributed by atoms with Crippen molar-refractivity contribution in [1.82, 2.24) is 9.66 Å². The van der Waals surface area contributed by atoms with Crippen molar-refractivity contribution in [3.05, 3.63) is 66.2 Å². The average molecular weight is 569 g/mol. The molecule has 1 amide bonds. The summed E-state index contributed by atoms with van der Waals surface area (Å²) in [7, 11) is 0. The van der Waals surface area contributed by atoms with E-state index in [0.29, 0.717) is 22.5 Å².